The first-order valence-corrected chi connectivity index (χ1v) is 13.9. The van der Waals surface area contributed by atoms with E-state index in [0.29, 0.717) is 56.6 Å². The van der Waals surface area contributed by atoms with Gasteiger partial charge >= 0.3 is 5.63 Å². The number of methoxy groups -OCH3 is 3. The van der Waals surface area contributed by atoms with Crippen molar-refractivity contribution in [3.63, 3.8) is 0 Å². The molecule has 0 spiro atoms. The molecule has 0 saturated carbocycles. The van der Waals surface area contributed by atoms with Gasteiger partial charge in [-0.25, -0.2) is 9.78 Å². The Morgan fingerprint density at radius 3 is 2.17 bits per heavy atom. The molecule has 0 saturated heterocycles. The van der Waals surface area contributed by atoms with E-state index < -0.39 is 11.2 Å². The van der Waals surface area contributed by atoms with E-state index in [4.69, 9.17) is 34.8 Å². The third-order valence-electron chi connectivity index (χ3n) is 6.87. The van der Waals surface area contributed by atoms with E-state index in [0.717, 1.165) is 11.3 Å². The summed E-state index contributed by atoms with van der Waals surface area (Å²) >= 11 is 0. The maximum atomic E-state index is 12.9. The average Bonchev–Trinajstić information content (AvgIpc) is 3.03. The number of hydrogen-bond donors (Lipinski definition) is 2. The Morgan fingerprint density at radius 1 is 0.848 bits per heavy atom. The van der Waals surface area contributed by atoms with Crippen molar-refractivity contribution in [2.75, 3.05) is 32.8 Å². The molecule has 12 heteroatoms. The smallest absolute Gasteiger partial charge is 0.347 e. The lowest BCUT2D eigenvalue weighted by Crippen LogP contribution is -2.27. The maximum Gasteiger partial charge on any atom is 0.347 e. The number of fused-ring (bicyclic) bond motifs is 2. The molecule has 0 radical (unpaired) electrons. The van der Waals surface area contributed by atoms with E-state index in [1.165, 1.54) is 7.11 Å². The fourth-order valence-corrected chi connectivity index (χ4v) is 4.73. The Morgan fingerprint density at radius 2 is 1.54 bits per heavy atom. The summed E-state index contributed by atoms with van der Waals surface area (Å²) < 4.78 is 28.3. The van der Waals surface area contributed by atoms with Crippen LogP contribution in [0.25, 0.3) is 28.2 Å². The normalized spacial score (nSPS) is 12.7. The Kier molecular flexibility index (Phi) is 10.2. The number of azo groups is 1. The minimum Gasteiger partial charge on any atom is -0.497 e. The second kappa shape index (κ2) is 14.0. The van der Waals surface area contributed by atoms with Gasteiger partial charge in [-0.05, 0) is 68.0 Å². The lowest BCUT2D eigenvalue weighted by molar-refractivity contribution is 0.158. The van der Waals surface area contributed by atoms with E-state index in [2.05, 4.69) is 15.2 Å². The van der Waals surface area contributed by atoms with Crippen molar-refractivity contribution in [2.45, 2.75) is 19.4 Å². The number of halogens is 1. The summed E-state index contributed by atoms with van der Waals surface area (Å²) in [5, 5.41) is 8.61. The van der Waals surface area contributed by atoms with Gasteiger partial charge in [-0.3, -0.25) is 0 Å². The second-order valence-corrected chi connectivity index (χ2v) is 10.4. The monoisotopic (exact) mass is 643 g/mol. The summed E-state index contributed by atoms with van der Waals surface area (Å²) in [6, 6.07) is 21.6. The molecule has 4 N–H and O–H groups in total. The van der Waals surface area contributed by atoms with Gasteiger partial charge in [0.05, 0.1) is 32.6 Å². The molecule has 3 heterocycles. The van der Waals surface area contributed by atoms with Crippen LogP contribution in [0.15, 0.2) is 98.3 Å². The number of nitrogens with zero attached hydrogens (tertiary/aromatic N) is 3. The first-order chi connectivity index (χ1) is 21.6. The van der Waals surface area contributed by atoms with E-state index in [-0.39, 0.29) is 18.2 Å². The highest BCUT2D eigenvalue weighted by molar-refractivity contribution is 5.99. The lowest BCUT2D eigenvalue weighted by atomic mass is 9.98. The van der Waals surface area contributed by atoms with Crippen LogP contribution in [0.1, 0.15) is 19.4 Å². The van der Waals surface area contributed by atoms with Crippen molar-refractivity contribution < 1.29 is 23.4 Å². The molecule has 0 atom stereocenters. The number of anilines is 2. The minimum atomic E-state index is -0.507. The predicted octanol–water partition coefficient (Wildman–Crippen LogP) is 7.75. The van der Waals surface area contributed by atoms with E-state index in [9.17, 15) is 4.79 Å². The zero-order valence-corrected chi connectivity index (χ0v) is 26.8. The minimum absolute atomic E-state index is 0. The highest BCUT2D eigenvalue weighted by atomic mass is 35.5. The Labute approximate surface area is 271 Å². The molecule has 1 aliphatic heterocycles. The average molecular weight is 644 g/mol. The van der Waals surface area contributed by atoms with Gasteiger partial charge in [-0.15, -0.1) is 17.5 Å². The summed E-state index contributed by atoms with van der Waals surface area (Å²) in [7, 11) is 4.68. The van der Waals surface area contributed by atoms with Gasteiger partial charge in [0, 0.05) is 6.07 Å². The molecule has 6 rings (SSSR count). The molecule has 238 valence electrons. The van der Waals surface area contributed by atoms with Crippen molar-refractivity contribution in [3.05, 3.63) is 94.9 Å². The number of nitrogens with two attached hydrogens (primary N) is 2. The van der Waals surface area contributed by atoms with E-state index in [1.54, 1.807) is 56.7 Å². The Hall–Kier alpha value is -5.55. The van der Waals surface area contributed by atoms with Crippen molar-refractivity contribution in [1.29, 1.82) is 0 Å². The van der Waals surface area contributed by atoms with Crippen LogP contribution < -0.4 is 36.0 Å². The molecule has 0 amide bonds. The first kappa shape index (κ1) is 33.3. The molecule has 5 aromatic rings. The summed E-state index contributed by atoms with van der Waals surface area (Å²) in [5.74, 6) is 2.84. The molecule has 3 aromatic carbocycles. The second-order valence-electron chi connectivity index (χ2n) is 10.4. The highest BCUT2D eigenvalue weighted by Crippen LogP contribution is 2.47. The standard InChI is InChI=1S/C23H22O6.C11H11N5.ClH/c1-23(2)11-10-15-16(29-23)12-17-19(20(15)26-4)21(27-5)18(22(24)28-17)13-6-8-14(25-3)9-7-13;12-10-7-6-9(11(13)14-10)16-15-8-4-2-1-3-5-8;/h6-12H,1-5H3;1-7H,(H4,12,13,14);1H. The number of hydrogen-bond acceptors (Lipinski definition) is 11. The van der Waals surface area contributed by atoms with Crippen molar-refractivity contribution in [1.82, 2.24) is 4.98 Å². The van der Waals surface area contributed by atoms with Gasteiger partial charge in [0.2, 0.25) is 0 Å². The van der Waals surface area contributed by atoms with E-state index >= 15 is 0 Å². The van der Waals surface area contributed by atoms with Crippen LogP contribution in [0, 0.1) is 0 Å². The van der Waals surface area contributed by atoms with Crippen molar-refractivity contribution in [3.8, 4) is 34.1 Å². The maximum absolute atomic E-state index is 12.9. The number of rotatable bonds is 6. The summed E-state index contributed by atoms with van der Waals surface area (Å²) in [5.41, 5.74) is 13.5. The number of benzene rings is 3. The predicted molar refractivity (Wildman–Crippen MR) is 182 cm³/mol. The van der Waals surface area contributed by atoms with Crippen LogP contribution >= 0.6 is 12.4 Å². The van der Waals surface area contributed by atoms with Gasteiger partial charge in [-0.1, -0.05) is 30.3 Å². The molecule has 0 unspecified atom stereocenters. The van der Waals surface area contributed by atoms with Crippen LogP contribution in [0.3, 0.4) is 0 Å². The van der Waals surface area contributed by atoms with Gasteiger partial charge in [0.25, 0.3) is 0 Å². The first-order valence-electron chi connectivity index (χ1n) is 13.9. The molecule has 0 bridgehead atoms. The summed E-state index contributed by atoms with van der Waals surface area (Å²) in [6.07, 6.45) is 3.91. The SMILES string of the molecule is COc1ccc(-c2c(OC)c3c(OC)c4c(cc3oc2=O)OC(C)(C)C=C4)cc1.Cl.Nc1ccc(N=Nc2ccccc2)c(N)n1. The van der Waals surface area contributed by atoms with Crippen LogP contribution in [0.4, 0.5) is 23.0 Å². The van der Waals surface area contributed by atoms with Crippen molar-refractivity contribution in [2.24, 2.45) is 10.2 Å². The van der Waals surface area contributed by atoms with Gasteiger partial charge in [0.15, 0.2) is 5.82 Å². The van der Waals surface area contributed by atoms with Gasteiger partial charge < -0.3 is 34.8 Å². The molecule has 0 aliphatic carbocycles. The quantitative estimate of drug-likeness (QED) is 0.139. The summed E-state index contributed by atoms with van der Waals surface area (Å²) in [6.45, 7) is 3.90. The van der Waals surface area contributed by atoms with Crippen LogP contribution in [0.2, 0.25) is 0 Å². The van der Waals surface area contributed by atoms with Crippen LogP contribution in [-0.4, -0.2) is 31.9 Å². The fourth-order valence-electron chi connectivity index (χ4n) is 4.73. The van der Waals surface area contributed by atoms with Crippen LogP contribution in [-0.2, 0) is 0 Å². The lowest BCUT2D eigenvalue weighted by Gasteiger charge is -2.29. The molecular formula is C34H34ClN5O6. The highest BCUT2D eigenvalue weighted by Gasteiger charge is 2.29. The van der Waals surface area contributed by atoms with E-state index in [1.807, 2.05) is 56.3 Å². The summed E-state index contributed by atoms with van der Waals surface area (Å²) in [4.78, 5) is 16.8. The topological polar surface area (TPSA) is 157 Å². The molecule has 46 heavy (non-hydrogen) atoms. The molecule has 11 nitrogen and oxygen atoms in total. The number of aromatic nitrogens is 1. The van der Waals surface area contributed by atoms with Crippen LogP contribution in [0.5, 0.6) is 23.0 Å². The number of nitrogen functional groups attached to an aromatic ring is 2. The fraction of sp³-hybridized carbons (Fsp3) is 0.176. The van der Waals surface area contributed by atoms with Crippen molar-refractivity contribution >= 4 is 52.5 Å². The molecule has 0 fully saturated rings. The molecule has 1 aliphatic rings. The molecular weight excluding hydrogens is 610 g/mol. The Bertz CT molecular complexity index is 1960. The largest absolute Gasteiger partial charge is 0.497 e. The van der Waals surface area contributed by atoms with Gasteiger partial charge in [-0.2, -0.15) is 5.11 Å². The van der Waals surface area contributed by atoms with Gasteiger partial charge in [0.1, 0.15) is 56.6 Å². The third-order valence-corrected chi connectivity index (χ3v) is 6.87. The Balaban J connectivity index is 0.000000240. The zero-order valence-electron chi connectivity index (χ0n) is 25.9. The number of ether oxygens (including phenoxy) is 4. The molecule has 2 aromatic heterocycles. The number of pyridine rings is 1. The zero-order chi connectivity index (χ0) is 32.1. The third kappa shape index (κ3) is 7.05.